The molecule has 0 bridgehead atoms. The highest BCUT2D eigenvalue weighted by molar-refractivity contribution is 7.92. The molecule has 1 atom stereocenters. The molecule has 7 heteroatoms. The van der Waals surface area contributed by atoms with Gasteiger partial charge < -0.3 is 10.2 Å². The number of thiophene rings is 1. The van der Waals surface area contributed by atoms with Crippen LogP contribution in [0.25, 0.3) is 10.4 Å². The van der Waals surface area contributed by atoms with Crippen molar-refractivity contribution in [2.24, 2.45) is 0 Å². The molecule has 128 valence electrons. The van der Waals surface area contributed by atoms with Gasteiger partial charge in [-0.3, -0.25) is 4.79 Å². The third-order valence-electron chi connectivity index (χ3n) is 4.48. The number of phenols is 1. The van der Waals surface area contributed by atoms with Crippen molar-refractivity contribution in [1.82, 2.24) is 0 Å². The minimum absolute atomic E-state index is 0.0344. The highest BCUT2D eigenvalue weighted by Crippen LogP contribution is 2.47. The molecular weight excluding hydrogens is 348 g/mol. The summed E-state index contributed by atoms with van der Waals surface area (Å²) in [4.78, 5) is 12.8. The Hall–Kier alpha value is -1.86. The molecule has 1 fully saturated rings. The van der Waals surface area contributed by atoms with Crippen molar-refractivity contribution in [3.63, 3.8) is 0 Å². The van der Waals surface area contributed by atoms with E-state index < -0.39 is 27.0 Å². The molecule has 1 aliphatic rings. The first-order chi connectivity index (χ1) is 11.3. The van der Waals surface area contributed by atoms with E-state index in [1.807, 2.05) is 6.07 Å². The third-order valence-corrected chi connectivity index (χ3v) is 8.54. The Bertz CT molecular complexity index is 851. The summed E-state index contributed by atoms with van der Waals surface area (Å²) >= 11 is 1.32. The molecule has 1 aliphatic heterocycles. The number of sulfone groups is 1. The van der Waals surface area contributed by atoms with Crippen molar-refractivity contribution in [2.45, 2.75) is 30.4 Å². The Morgan fingerprint density at radius 2 is 1.83 bits per heavy atom. The standard InChI is InChI=1S/C17H18O5S2/c18-13-5-3-12(4-6-13)14-7-8-15(23-14)17(11-16(19)20)9-1-2-10-24(17,21)22/h3-8,18H,1-2,9-11H2,(H,19,20). The molecule has 5 nitrogen and oxygen atoms in total. The highest BCUT2D eigenvalue weighted by atomic mass is 32.2. The average molecular weight is 366 g/mol. The van der Waals surface area contributed by atoms with E-state index in [1.54, 1.807) is 30.3 Å². The molecule has 0 aliphatic carbocycles. The van der Waals surface area contributed by atoms with Crippen LogP contribution >= 0.6 is 11.3 Å². The fourth-order valence-electron chi connectivity index (χ4n) is 3.22. The van der Waals surface area contributed by atoms with Gasteiger partial charge in [0.05, 0.1) is 12.2 Å². The van der Waals surface area contributed by atoms with Gasteiger partial charge in [0, 0.05) is 9.75 Å². The van der Waals surface area contributed by atoms with Gasteiger partial charge in [0.1, 0.15) is 10.5 Å². The number of aliphatic carboxylic acids is 1. The number of hydrogen-bond donors (Lipinski definition) is 2. The van der Waals surface area contributed by atoms with Gasteiger partial charge in [-0.15, -0.1) is 11.3 Å². The fraction of sp³-hybridized carbons (Fsp3) is 0.353. The summed E-state index contributed by atoms with van der Waals surface area (Å²) in [5.74, 6) is -0.903. The Morgan fingerprint density at radius 3 is 2.46 bits per heavy atom. The second kappa shape index (κ2) is 6.22. The molecule has 1 aromatic carbocycles. The Labute approximate surface area is 144 Å². The van der Waals surface area contributed by atoms with Gasteiger partial charge in [0.15, 0.2) is 9.84 Å². The number of carbonyl (C=O) groups is 1. The van der Waals surface area contributed by atoms with Crippen LogP contribution in [-0.4, -0.2) is 30.4 Å². The van der Waals surface area contributed by atoms with Crippen LogP contribution in [0.5, 0.6) is 5.75 Å². The van der Waals surface area contributed by atoms with Gasteiger partial charge in [-0.2, -0.15) is 0 Å². The van der Waals surface area contributed by atoms with E-state index in [0.29, 0.717) is 24.1 Å². The zero-order valence-corrected chi connectivity index (χ0v) is 14.6. The number of phenolic OH excluding ortho intramolecular Hbond substituents is 1. The number of carboxylic acid groups (broad SMARTS) is 1. The molecule has 24 heavy (non-hydrogen) atoms. The van der Waals surface area contributed by atoms with Gasteiger partial charge in [0.2, 0.25) is 0 Å². The predicted octanol–water partition coefficient (Wildman–Crippen LogP) is 3.39. The van der Waals surface area contributed by atoms with Crippen molar-refractivity contribution in [1.29, 1.82) is 0 Å². The molecule has 0 radical (unpaired) electrons. The maximum atomic E-state index is 12.7. The molecular formula is C17H18O5S2. The second-order valence-corrected chi connectivity index (χ2v) is 9.55. The molecule has 1 aromatic heterocycles. The topological polar surface area (TPSA) is 91.7 Å². The maximum absolute atomic E-state index is 12.7. The summed E-state index contributed by atoms with van der Waals surface area (Å²) in [6.45, 7) is 0. The molecule has 3 rings (SSSR count). The van der Waals surface area contributed by atoms with E-state index in [9.17, 15) is 23.4 Å². The van der Waals surface area contributed by atoms with Gasteiger partial charge in [0.25, 0.3) is 0 Å². The average Bonchev–Trinajstić information content (AvgIpc) is 3.00. The largest absolute Gasteiger partial charge is 0.508 e. The SMILES string of the molecule is O=C(O)CC1(c2ccc(-c3ccc(O)cc3)s2)CCCCS1(=O)=O. The molecule has 1 unspecified atom stereocenters. The number of hydrogen-bond acceptors (Lipinski definition) is 5. The van der Waals surface area contributed by atoms with E-state index in [1.165, 1.54) is 11.3 Å². The first kappa shape index (κ1) is 17.0. The van der Waals surface area contributed by atoms with Crippen molar-refractivity contribution in [3.05, 3.63) is 41.3 Å². The van der Waals surface area contributed by atoms with Gasteiger partial charge in [-0.1, -0.05) is 6.42 Å². The highest BCUT2D eigenvalue weighted by Gasteiger charge is 2.49. The van der Waals surface area contributed by atoms with Crippen LogP contribution in [0.2, 0.25) is 0 Å². The van der Waals surface area contributed by atoms with Gasteiger partial charge >= 0.3 is 5.97 Å². The quantitative estimate of drug-likeness (QED) is 0.865. The summed E-state index contributed by atoms with van der Waals surface area (Å²) in [5.41, 5.74) is 0.864. The summed E-state index contributed by atoms with van der Waals surface area (Å²) in [6, 6.07) is 10.2. The Morgan fingerprint density at radius 1 is 1.12 bits per heavy atom. The fourth-order valence-corrected chi connectivity index (χ4v) is 7.00. The summed E-state index contributed by atoms with van der Waals surface area (Å²) in [5, 5.41) is 18.7. The van der Waals surface area contributed by atoms with Gasteiger partial charge in [-0.05, 0) is 54.8 Å². The smallest absolute Gasteiger partial charge is 0.305 e. The van der Waals surface area contributed by atoms with Crippen LogP contribution in [0.3, 0.4) is 0 Å². The minimum atomic E-state index is -3.52. The van der Waals surface area contributed by atoms with Crippen LogP contribution in [0.4, 0.5) is 0 Å². The lowest BCUT2D eigenvalue weighted by Gasteiger charge is -2.34. The van der Waals surface area contributed by atoms with Crippen LogP contribution in [0.15, 0.2) is 36.4 Å². The lowest BCUT2D eigenvalue weighted by Crippen LogP contribution is -2.41. The Balaban J connectivity index is 2.06. The van der Waals surface area contributed by atoms with Crippen LogP contribution in [0.1, 0.15) is 30.6 Å². The zero-order valence-electron chi connectivity index (χ0n) is 12.9. The van der Waals surface area contributed by atoms with Crippen molar-refractivity contribution >= 4 is 27.1 Å². The number of aromatic hydroxyl groups is 1. The molecule has 2 N–H and O–H groups in total. The summed E-state index contributed by atoms with van der Waals surface area (Å²) in [7, 11) is -3.52. The second-order valence-electron chi connectivity index (χ2n) is 6.05. The predicted molar refractivity (Wildman–Crippen MR) is 93.0 cm³/mol. The molecule has 0 spiro atoms. The minimum Gasteiger partial charge on any atom is -0.508 e. The van der Waals surface area contributed by atoms with Crippen LogP contribution < -0.4 is 0 Å². The maximum Gasteiger partial charge on any atom is 0.305 e. The Kier molecular flexibility index (Phi) is 4.40. The number of rotatable bonds is 4. The van der Waals surface area contributed by atoms with E-state index in [0.717, 1.165) is 10.4 Å². The lowest BCUT2D eigenvalue weighted by atomic mass is 9.95. The lowest BCUT2D eigenvalue weighted by molar-refractivity contribution is -0.137. The number of benzene rings is 1. The number of carboxylic acids is 1. The summed E-state index contributed by atoms with van der Waals surface area (Å²) < 4.78 is 24.2. The molecule has 2 aromatic rings. The van der Waals surface area contributed by atoms with E-state index in [-0.39, 0.29) is 11.5 Å². The van der Waals surface area contributed by atoms with Crippen molar-refractivity contribution < 1.29 is 23.4 Å². The molecule has 2 heterocycles. The van der Waals surface area contributed by atoms with Crippen LogP contribution in [-0.2, 0) is 19.4 Å². The van der Waals surface area contributed by atoms with E-state index in [4.69, 9.17) is 0 Å². The van der Waals surface area contributed by atoms with Crippen molar-refractivity contribution in [3.8, 4) is 16.2 Å². The summed E-state index contributed by atoms with van der Waals surface area (Å²) in [6.07, 6.45) is 1.24. The third kappa shape index (κ3) is 2.93. The van der Waals surface area contributed by atoms with E-state index >= 15 is 0 Å². The van der Waals surface area contributed by atoms with E-state index in [2.05, 4.69) is 0 Å². The van der Waals surface area contributed by atoms with Crippen molar-refractivity contribution in [2.75, 3.05) is 5.75 Å². The molecule has 0 amide bonds. The molecule has 0 saturated carbocycles. The molecule has 1 saturated heterocycles. The first-order valence-corrected chi connectivity index (χ1v) is 10.1. The monoisotopic (exact) mass is 366 g/mol. The first-order valence-electron chi connectivity index (χ1n) is 7.68. The van der Waals surface area contributed by atoms with Crippen LogP contribution in [0, 0.1) is 0 Å². The zero-order chi connectivity index (χ0) is 17.4. The normalized spacial score (nSPS) is 23.0. The van der Waals surface area contributed by atoms with Gasteiger partial charge in [-0.25, -0.2) is 8.42 Å².